The van der Waals surface area contributed by atoms with E-state index in [1.807, 2.05) is 30.3 Å². The van der Waals surface area contributed by atoms with Crippen molar-refractivity contribution in [3.63, 3.8) is 0 Å². The number of rotatable bonds is 11. The third kappa shape index (κ3) is 5.81. The van der Waals surface area contributed by atoms with Crippen LogP contribution in [0.4, 0.5) is 5.69 Å². The van der Waals surface area contributed by atoms with Crippen molar-refractivity contribution in [2.75, 3.05) is 27.1 Å². The summed E-state index contributed by atoms with van der Waals surface area (Å²) in [5, 5.41) is 2.99. The number of anilines is 1. The number of nitrogen functional groups attached to an aromatic ring is 1. The van der Waals surface area contributed by atoms with E-state index in [0.29, 0.717) is 35.7 Å². The van der Waals surface area contributed by atoms with Crippen molar-refractivity contribution in [2.24, 2.45) is 5.73 Å². The molecular formula is C28H33N5O6S. The molecule has 4 rings (SSSR count). The number of primary amides is 1. The Morgan fingerprint density at radius 1 is 1.05 bits per heavy atom. The van der Waals surface area contributed by atoms with Gasteiger partial charge in [0.1, 0.15) is 10.9 Å². The first-order chi connectivity index (χ1) is 19.3. The molecule has 1 aromatic heterocycles. The van der Waals surface area contributed by atoms with Gasteiger partial charge in [-0.2, -0.15) is 4.37 Å². The van der Waals surface area contributed by atoms with E-state index >= 15 is 0 Å². The molecule has 0 radical (unpaired) electrons. The molecule has 1 aliphatic rings. The number of aromatic nitrogens is 1. The first-order valence-electron chi connectivity index (χ1n) is 12.8. The van der Waals surface area contributed by atoms with Crippen LogP contribution >= 0.6 is 11.5 Å². The molecule has 3 amide bonds. The third-order valence-electron chi connectivity index (χ3n) is 6.95. The summed E-state index contributed by atoms with van der Waals surface area (Å²) < 4.78 is 20.6. The molecule has 0 saturated heterocycles. The van der Waals surface area contributed by atoms with Crippen LogP contribution in [-0.4, -0.2) is 54.4 Å². The van der Waals surface area contributed by atoms with Crippen LogP contribution in [0.3, 0.4) is 0 Å². The van der Waals surface area contributed by atoms with Crippen LogP contribution in [0, 0.1) is 0 Å². The van der Waals surface area contributed by atoms with Crippen LogP contribution in [0.1, 0.15) is 63.0 Å². The maximum Gasteiger partial charge on any atom is 0.270 e. The normalized spacial score (nSPS) is 13.9. The lowest BCUT2D eigenvalue weighted by Crippen LogP contribution is -2.48. The van der Waals surface area contributed by atoms with E-state index < -0.39 is 23.8 Å². The number of nitrogens with two attached hydrogens (primary N) is 2. The van der Waals surface area contributed by atoms with Gasteiger partial charge >= 0.3 is 0 Å². The zero-order chi connectivity index (χ0) is 28.8. The van der Waals surface area contributed by atoms with Gasteiger partial charge in [0, 0.05) is 12.6 Å². The van der Waals surface area contributed by atoms with Crippen molar-refractivity contribution in [1.29, 1.82) is 0 Å². The molecule has 0 spiro atoms. The minimum absolute atomic E-state index is 0.0500. The highest BCUT2D eigenvalue weighted by molar-refractivity contribution is 7.09. The number of nitrogens with one attached hydrogen (secondary N) is 1. The molecule has 212 valence electrons. The van der Waals surface area contributed by atoms with Gasteiger partial charge in [0.25, 0.3) is 11.8 Å². The third-order valence-corrected chi connectivity index (χ3v) is 7.80. The van der Waals surface area contributed by atoms with Gasteiger partial charge in [-0.3, -0.25) is 14.4 Å². The number of hydrogen-bond acceptors (Lipinski definition) is 9. The number of nitrogens with zero attached hydrogens (tertiary/aromatic N) is 2. The van der Waals surface area contributed by atoms with Crippen LogP contribution < -0.4 is 31.0 Å². The van der Waals surface area contributed by atoms with Crippen LogP contribution in [-0.2, 0) is 11.3 Å². The fourth-order valence-electron chi connectivity index (χ4n) is 5.00. The smallest absolute Gasteiger partial charge is 0.270 e. The van der Waals surface area contributed by atoms with Gasteiger partial charge in [-0.1, -0.05) is 43.2 Å². The fraction of sp³-hybridized carbons (Fsp3) is 0.357. The number of benzene rings is 2. The van der Waals surface area contributed by atoms with Crippen molar-refractivity contribution in [3.05, 3.63) is 64.2 Å². The predicted molar refractivity (Wildman–Crippen MR) is 151 cm³/mol. The molecule has 1 saturated carbocycles. The van der Waals surface area contributed by atoms with Gasteiger partial charge in [0.15, 0.2) is 17.2 Å². The Bertz CT molecular complexity index is 1350. The van der Waals surface area contributed by atoms with E-state index in [-0.39, 0.29) is 28.8 Å². The first kappa shape index (κ1) is 28.7. The summed E-state index contributed by atoms with van der Waals surface area (Å²) in [5.41, 5.74) is 12.7. The minimum Gasteiger partial charge on any atom is -0.493 e. The molecule has 11 nitrogen and oxygen atoms in total. The Kier molecular flexibility index (Phi) is 9.10. The zero-order valence-electron chi connectivity index (χ0n) is 22.6. The highest BCUT2D eigenvalue weighted by Gasteiger charge is 2.40. The van der Waals surface area contributed by atoms with Gasteiger partial charge in [-0.25, -0.2) is 0 Å². The largest absolute Gasteiger partial charge is 0.493 e. The standard InChI is InChI=1S/C28H33N5O6S/c1-37-19-13-17(14-20(38-2)24(19)39-3)23(27(35)31-15-16-9-5-4-6-10-16)33(18-11-7-8-12-18)28(36)25-21(29)22(26(30)34)32-40-25/h4-6,9-10,13-14,18,23H,7-8,11-12,15,29H2,1-3H3,(H2,30,34)(H,31,35)/t23-/m0/s1. The van der Waals surface area contributed by atoms with Crippen molar-refractivity contribution in [1.82, 2.24) is 14.6 Å². The number of hydrogen-bond donors (Lipinski definition) is 3. The molecule has 40 heavy (non-hydrogen) atoms. The molecule has 0 aliphatic heterocycles. The lowest BCUT2D eigenvalue weighted by molar-refractivity contribution is -0.126. The molecule has 12 heteroatoms. The van der Waals surface area contributed by atoms with Crippen molar-refractivity contribution in [3.8, 4) is 17.2 Å². The average Bonchev–Trinajstić information content (AvgIpc) is 3.64. The highest BCUT2D eigenvalue weighted by atomic mass is 32.1. The Balaban J connectivity index is 1.85. The van der Waals surface area contributed by atoms with Crippen molar-refractivity contribution < 1.29 is 28.6 Å². The lowest BCUT2D eigenvalue weighted by atomic mass is 9.99. The van der Waals surface area contributed by atoms with Crippen LogP contribution in [0.2, 0.25) is 0 Å². The van der Waals surface area contributed by atoms with Crippen LogP contribution in [0.5, 0.6) is 17.2 Å². The van der Waals surface area contributed by atoms with Gasteiger partial charge in [-0.05, 0) is 47.6 Å². The molecule has 1 atom stereocenters. The minimum atomic E-state index is -1.09. The number of methoxy groups -OCH3 is 3. The van der Waals surface area contributed by atoms with E-state index in [0.717, 1.165) is 29.9 Å². The molecule has 1 aliphatic carbocycles. The SMILES string of the molecule is COc1cc([C@@H](C(=O)NCc2ccccc2)N(C(=O)c2snc(C(N)=O)c2N)C2CCCC2)cc(OC)c1OC. The van der Waals surface area contributed by atoms with Crippen LogP contribution in [0.25, 0.3) is 0 Å². The van der Waals surface area contributed by atoms with E-state index in [2.05, 4.69) is 9.69 Å². The summed E-state index contributed by atoms with van der Waals surface area (Å²) in [4.78, 5) is 41.7. The molecule has 2 aromatic carbocycles. The van der Waals surface area contributed by atoms with Gasteiger partial charge in [0.05, 0.1) is 27.0 Å². The summed E-state index contributed by atoms with van der Waals surface area (Å²) in [5.74, 6) is -0.718. The van der Waals surface area contributed by atoms with Gasteiger partial charge in [-0.15, -0.1) is 0 Å². The van der Waals surface area contributed by atoms with Crippen molar-refractivity contribution in [2.45, 2.75) is 44.3 Å². The fourth-order valence-corrected chi connectivity index (χ4v) is 5.75. The quantitative estimate of drug-likeness (QED) is 0.318. The van der Waals surface area contributed by atoms with Crippen molar-refractivity contribution >= 4 is 34.9 Å². The van der Waals surface area contributed by atoms with Gasteiger partial charge < -0.3 is 35.9 Å². The molecule has 1 heterocycles. The molecule has 0 unspecified atom stereocenters. The number of carbonyl (C=O) groups excluding carboxylic acids is 3. The second kappa shape index (κ2) is 12.7. The number of amides is 3. The first-order valence-corrected chi connectivity index (χ1v) is 13.6. The van der Waals surface area contributed by atoms with E-state index in [4.69, 9.17) is 25.7 Å². The average molecular weight is 568 g/mol. The number of carbonyl (C=O) groups is 3. The summed E-state index contributed by atoms with van der Waals surface area (Å²) >= 11 is 0.788. The Morgan fingerprint density at radius 2 is 1.68 bits per heavy atom. The molecule has 0 bridgehead atoms. The topological polar surface area (TPSA) is 159 Å². The van der Waals surface area contributed by atoms with E-state index in [9.17, 15) is 14.4 Å². The second-order valence-electron chi connectivity index (χ2n) is 9.35. The van der Waals surface area contributed by atoms with Crippen LogP contribution in [0.15, 0.2) is 42.5 Å². The highest BCUT2D eigenvalue weighted by Crippen LogP contribution is 2.43. The lowest BCUT2D eigenvalue weighted by Gasteiger charge is -2.36. The molecule has 3 aromatic rings. The zero-order valence-corrected chi connectivity index (χ0v) is 23.5. The Morgan fingerprint density at radius 3 is 2.20 bits per heavy atom. The monoisotopic (exact) mass is 567 g/mol. The van der Waals surface area contributed by atoms with Gasteiger partial charge in [0.2, 0.25) is 11.7 Å². The summed E-state index contributed by atoms with van der Waals surface area (Å²) in [6.07, 6.45) is 3.18. The summed E-state index contributed by atoms with van der Waals surface area (Å²) in [6, 6.07) is 11.4. The molecule has 5 N–H and O–H groups in total. The summed E-state index contributed by atoms with van der Waals surface area (Å²) in [6.45, 7) is 0.252. The Hall–Kier alpha value is -4.32. The second-order valence-corrected chi connectivity index (χ2v) is 10.1. The van der Waals surface area contributed by atoms with E-state index in [1.165, 1.54) is 21.3 Å². The number of ether oxygens (including phenoxy) is 3. The summed E-state index contributed by atoms with van der Waals surface area (Å²) in [7, 11) is 4.45. The molecular weight excluding hydrogens is 534 g/mol. The molecule has 1 fully saturated rings. The van der Waals surface area contributed by atoms with E-state index in [1.54, 1.807) is 17.0 Å². The maximum atomic E-state index is 14.2. The predicted octanol–water partition coefficient (Wildman–Crippen LogP) is 3.29. The maximum absolute atomic E-state index is 14.2. The Labute approximate surface area is 236 Å².